The van der Waals surface area contributed by atoms with Crippen molar-refractivity contribution in [2.75, 3.05) is 39.8 Å². The molecule has 0 radical (unpaired) electrons. The molecule has 1 saturated heterocycles. The summed E-state index contributed by atoms with van der Waals surface area (Å²) >= 11 is 1.73. The molecule has 0 aliphatic carbocycles. The van der Waals surface area contributed by atoms with Crippen molar-refractivity contribution in [1.29, 1.82) is 0 Å². The number of aromatic nitrogens is 1. The monoisotopic (exact) mass is 339 g/mol. The molecule has 1 aliphatic rings. The van der Waals surface area contributed by atoms with Gasteiger partial charge in [0.1, 0.15) is 5.01 Å². The van der Waals surface area contributed by atoms with Crippen LogP contribution in [0, 0.1) is 0 Å². The Kier molecular flexibility index (Phi) is 6.64. The Morgan fingerprint density at radius 1 is 1.35 bits per heavy atom. The fraction of sp³-hybridized carbons (Fsp3) is 0.667. The number of rotatable bonds is 4. The number of guanidine groups is 1. The third-order valence-electron chi connectivity index (χ3n) is 3.66. The highest BCUT2D eigenvalue weighted by atomic mass is 32.1. The van der Waals surface area contributed by atoms with Crippen LogP contribution in [0.3, 0.4) is 0 Å². The molecule has 1 fully saturated rings. The van der Waals surface area contributed by atoms with Crippen LogP contribution in [0.1, 0.15) is 23.7 Å². The molecule has 0 atom stereocenters. The zero-order valence-corrected chi connectivity index (χ0v) is 14.9. The Bertz CT molecular complexity index is 538. The van der Waals surface area contributed by atoms with E-state index in [1.54, 1.807) is 23.3 Å². The van der Waals surface area contributed by atoms with E-state index in [0.29, 0.717) is 26.2 Å². The largest absolute Gasteiger partial charge is 0.450 e. The summed E-state index contributed by atoms with van der Waals surface area (Å²) in [6.07, 6.45) is 2.72. The molecule has 8 heteroatoms. The van der Waals surface area contributed by atoms with Gasteiger partial charge in [-0.15, -0.1) is 11.3 Å². The summed E-state index contributed by atoms with van der Waals surface area (Å²) in [4.78, 5) is 25.6. The SMILES string of the molecule is CCOC(=O)N1CCN(C(=NC)NCc2ncc(CC)s2)CC1. The number of carbonyl (C=O) groups is 1. The molecule has 128 valence electrons. The van der Waals surface area contributed by atoms with Gasteiger partial charge in [-0.2, -0.15) is 0 Å². The Morgan fingerprint density at radius 3 is 2.61 bits per heavy atom. The molecule has 7 nitrogen and oxygen atoms in total. The molecule has 1 amide bonds. The first-order valence-corrected chi connectivity index (χ1v) is 8.80. The van der Waals surface area contributed by atoms with Gasteiger partial charge in [-0.1, -0.05) is 6.92 Å². The van der Waals surface area contributed by atoms with Gasteiger partial charge in [-0.3, -0.25) is 4.99 Å². The second-order valence-electron chi connectivity index (χ2n) is 5.15. The van der Waals surface area contributed by atoms with E-state index in [2.05, 4.69) is 27.1 Å². The summed E-state index contributed by atoms with van der Waals surface area (Å²) in [5.41, 5.74) is 0. The first kappa shape index (κ1) is 17.5. The minimum Gasteiger partial charge on any atom is -0.450 e. The Morgan fingerprint density at radius 2 is 2.04 bits per heavy atom. The summed E-state index contributed by atoms with van der Waals surface area (Å²) in [5.74, 6) is 0.849. The van der Waals surface area contributed by atoms with E-state index in [1.807, 2.05) is 13.1 Å². The lowest BCUT2D eigenvalue weighted by Gasteiger charge is -2.35. The van der Waals surface area contributed by atoms with Gasteiger partial charge in [0.25, 0.3) is 0 Å². The molecule has 0 bridgehead atoms. The van der Waals surface area contributed by atoms with E-state index in [0.717, 1.165) is 30.5 Å². The lowest BCUT2D eigenvalue weighted by atomic mass is 10.3. The number of nitrogens with one attached hydrogen (secondary N) is 1. The van der Waals surface area contributed by atoms with Crippen LogP contribution < -0.4 is 5.32 Å². The summed E-state index contributed by atoms with van der Waals surface area (Å²) in [6, 6.07) is 0. The van der Waals surface area contributed by atoms with Gasteiger partial charge in [0.15, 0.2) is 5.96 Å². The maximum Gasteiger partial charge on any atom is 0.409 e. The number of aryl methyl sites for hydroxylation is 1. The van der Waals surface area contributed by atoms with Crippen molar-refractivity contribution >= 4 is 23.4 Å². The lowest BCUT2D eigenvalue weighted by molar-refractivity contribution is 0.0914. The third kappa shape index (κ3) is 4.82. The lowest BCUT2D eigenvalue weighted by Crippen LogP contribution is -2.53. The van der Waals surface area contributed by atoms with Crippen molar-refractivity contribution in [3.05, 3.63) is 16.1 Å². The molecular formula is C15H25N5O2S. The topological polar surface area (TPSA) is 70.1 Å². The van der Waals surface area contributed by atoms with Crippen molar-refractivity contribution in [3.63, 3.8) is 0 Å². The molecule has 0 spiro atoms. The summed E-state index contributed by atoms with van der Waals surface area (Å²) in [6.45, 7) is 7.83. The number of piperazine rings is 1. The fourth-order valence-corrected chi connectivity index (χ4v) is 3.20. The van der Waals surface area contributed by atoms with Gasteiger partial charge in [0.05, 0.1) is 13.2 Å². The van der Waals surface area contributed by atoms with E-state index < -0.39 is 0 Å². The molecule has 1 aromatic heterocycles. The van der Waals surface area contributed by atoms with Crippen molar-refractivity contribution in [1.82, 2.24) is 20.1 Å². The zero-order valence-electron chi connectivity index (χ0n) is 14.0. The molecule has 1 aromatic rings. The van der Waals surface area contributed by atoms with Crippen LogP contribution in [0.4, 0.5) is 4.79 Å². The first-order valence-electron chi connectivity index (χ1n) is 7.98. The Hall–Kier alpha value is -1.83. The van der Waals surface area contributed by atoms with Crippen molar-refractivity contribution in [2.24, 2.45) is 4.99 Å². The normalized spacial score (nSPS) is 15.7. The van der Waals surface area contributed by atoms with Gasteiger partial charge >= 0.3 is 6.09 Å². The molecule has 0 aromatic carbocycles. The molecule has 1 N–H and O–H groups in total. The Balaban J connectivity index is 1.82. The number of carbonyl (C=O) groups excluding carboxylic acids is 1. The number of thiazole rings is 1. The maximum absolute atomic E-state index is 11.7. The first-order chi connectivity index (χ1) is 11.2. The number of amides is 1. The van der Waals surface area contributed by atoms with Crippen molar-refractivity contribution in [3.8, 4) is 0 Å². The minimum atomic E-state index is -0.232. The average molecular weight is 339 g/mol. The van der Waals surface area contributed by atoms with Gasteiger partial charge in [-0.25, -0.2) is 9.78 Å². The van der Waals surface area contributed by atoms with Crippen molar-refractivity contribution < 1.29 is 9.53 Å². The summed E-state index contributed by atoms with van der Waals surface area (Å²) in [7, 11) is 1.78. The smallest absolute Gasteiger partial charge is 0.409 e. The number of ether oxygens (including phenoxy) is 1. The quantitative estimate of drug-likeness (QED) is 0.666. The van der Waals surface area contributed by atoms with Crippen LogP contribution in [0.2, 0.25) is 0 Å². The Labute approximate surface area is 141 Å². The van der Waals surface area contributed by atoms with E-state index in [9.17, 15) is 4.79 Å². The van der Waals surface area contributed by atoms with Crippen LogP contribution in [-0.2, 0) is 17.7 Å². The highest BCUT2D eigenvalue weighted by Crippen LogP contribution is 2.13. The standard InChI is InChI=1S/C15H25N5O2S/c1-4-12-10-17-13(23-12)11-18-14(16-3)19-6-8-20(9-7-19)15(21)22-5-2/h10H,4-9,11H2,1-3H3,(H,16,18). The van der Waals surface area contributed by atoms with Gasteiger partial charge in [-0.05, 0) is 13.3 Å². The molecular weight excluding hydrogens is 314 g/mol. The number of aliphatic imine (C=N–C) groups is 1. The van der Waals surface area contributed by atoms with Crippen LogP contribution in [0.25, 0.3) is 0 Å². The molecule has 1 aliphatic heterocycles. The average Bonchev–Trinajstić information content (AvgIpc) is 3.04. The fourth-order valence-electron chi connectivity index (χ4n) is 2.40. The second kappa shape index (κ2) is 8.71. The van der Waals surface area contributed by atoms with Gasteiger partial charge < -0.3 is 19.9 Å². The molecule has 0 unspecified atom stereocenters. The van der Waals surface area contributed by atoms with Crippen LogP contribution in [0.5, 0.6) is 0 Å². The number of nitrogens with zero attached hydrogens (tertiary/aromatic N) is 4. The zero-order chi connectivity index (χ0) is 16.7. The van der Waals surface area contributed by atoms with E-state index in [1.165, 1.54) is 4.88 Å². The summed E-state index contributed by atoms with van der Waals surface area (Å²) in [5, 5.41) is 4.41. The molecule has 0 saturated carbocycles. The maximum atomic E-state index is 11.7. The van der Waals surface area contributed by atoms with Gasteiger partial charge in [0, 0.05) is 44.3 Å². The molecule has 23 heavy (non-hydrogen) atoms. The molecule has 2 heterocycles. The molecule has 2 rings (SSSR count). The van der Waals surface area contributed by atoms with E-state index >= 15 is 0 Å². The highest BCUT2D eigenvalue weighted by Gasteiger charge is 2.23. The second-order valence-corrected chi connectivity index (χ2v) is 6.35. The van der Waals surface area contributed by atoms with Crippen molar-refractivity contribution in [2.45, 2.75) is 26.8 Å². The van der Waals surface area contributed by atoms with E-state index in [-0.39, 0.29) is 6.09 Å². The van der Waals surface area contributed by atoms with Crippen LogP contribution >= 0.6 is 11.3 Å². The van der Waals surface area contributed by atoms with E-state index in [4.69, 9.17) is 4.74 Å². The summed E-state index contributed by atoms with van der Waals surface area (Å²) < 4.78 is 5.04. The predicted molar refractivity (Wildman–Crippen MR) is 91.9 cm³/mol. The minimum absolute atomic E-state index is 0.232. The highest BCUT2D eigenvalue weighted by molar-refractivity contribution is 7.11. The number of hydrogen-bond donors (Lipinski definition) is 1. The third-order valence-corrected chi connectivity index (χ3v) is 4.81. The number of hydrogen-bond acceptors (Lipinski definition) is 5. The van der Waals surface area contributed by atoms with Crippen LogP contribution in [-0.4, -0.2) is 66.7 Å². The van der Waals surface area contributed by atoms with Gasteiger partial charge in [0.2, 0.25) is 0 Å². The predicted octanol–water partition coefficient (Wildman–Crippen LogP) is 1.56. The van der Waals surface area contributed by atoms with Crippen LogP contribution in [0.15, 0.2) is 11.2 Å².